The third-order valence-corrected chi connectivity index (χ3v) is 5.46. The fourth-order valence-electron chi connectivity index (χ4n) is 3.53. The maximum absolute atomic E-state index is 4.75. The Bertz CT molecular complexity index is 419. The van der Waals surface area contributed by atoms with E-state index in [0.29, 0.717) is 0 Å². The van der Waals surface area contributed by atoms with Gasteiger partial charge in [0.15, 0.2) is 5.13 Å². The highest BCUT2D eigenvalue weighted by Gasteiger charge is 2.34. The molecule has 0 saturated carbocycles. The molecule has 3 heterocycles. The number of thiazole rings is 1. The minimum atomic E-state index is 0.807. The highest BCUT2D eigenvalue weighted by molar-refractivity contribution is 7.13. The van der Waals surface area contributed by atoms with Crippen LogP contribution in [0.25, 0.3) is 0 Å². The third-order valence-electron chi connectivity index (χ3n) is 4.51. The first-order valence-electron chi connectivity index (χ1n) is 7.32. The van der Waals surface area contributed by atoms with E-state index in [-0.39, 0.29) is 0 Å². The van der Waals surface area contributed by atoms with Gasteiger partial charge in [0.2, 0.25) is 0 Å². The largest absolute Gasteiger partial charge is 0.348 e. The summed E-state index contributed by atoms with van der Waals surface area (Å²) in [6.45, 7) is 4.52. The van der Waals surface area contributed by atoms with Gasteiger partial charge < -0.3 is 15.1 Å². The van der Waals surface area contributed by atoms with E-state index in [2.05, 4.69) is 27.5 Å². The van der Waals surface area contributed by atoms with Crippen LogP contribution in [0, 0.1) is 5.92 Å². The second-order valence-electron chi connectivity index (χ2n) is 5.84. The van der Waals surface area contributed by atoms with Crippen molar-refractivity contribution in [2.45, 2.75) is 31.8 Å². The van der Waals surface area contributed by atoms with E-state index < -0.39 is 0 Å². The molecular weight excluding hydrogens is 256 g/mol. The lowest BCUT2D eigenvalue weighted by atomic mass is 9.84. The lowest BCUT2D eigenvalue weighted by Crippen LogP contribution is -2.52. The van der Waals surface area contributed by atoms with Gasteiger partial charge in [-0.1, -0.05) is 0 Å². The van der Waals surface area contributed by atoms with Gasteiger partial charge in [-0.15, -0.1) is 11.3 Å². The summed E-state index contributed by atoms with van der Waals surface area (Å²) >= 11 is 1.80. The number of hydrogen-bond donors (Lipinski definition) is 1. The van der Waals surface area contributed by atoms with Gasteiger partial charge >= 0.3 is 0 Å². The zero-order chi connectivity index (χ0) is 13.2. The number of rotatable bonds is 3. The summed E-state index contributed by atoms with van der Waals surface area (Å²) in [6.07, 6.45) is 4.04. The number of nitrogens with one attached hydrogen (secondary N) is 1. The third kappa shape index (κ3) is 2.78. The van der Waals surface area contributed by atoms with E-state index in [4.69, 9.17) is 4.98 Å². The molecular formula is C14H24N4S. The van der Waals surface area contributed by atoms with E-state index in [1.165, 1.54) is 43.2 Å². The second kappa shape index (κ2) is 5.77. The SMILES string of the molecule is CNCc1csc(N2CCC3C(CCCN3C)C2)n1. The Morgan fingerprint density at radius 1 is 1.42 bits per heavy atom. The van der Waals surface area contributed by atoms with Crippen LogP contribution < -0.4 is 10.2 Å². The topological polar surface area (TPSA) is 31.4 Å². The minimum Gasteiger partial charge on any atom is -0.348 e. The summed E-state index contributed by atoms with van der Waals surface area (Å²) in [7, 11) is 4.27. The molecule has 2 aliphatic rings. The molecule has 0 amide bonds. The molecule has 0 spiro atoms. The van der Waals surface area contributed by atoms with Crippen molar-refractivity contribution in [3.05, 3.63) is 11.1 Å². The fourth-order valence-corrected chi connectivity index (χ4v) is 4.39. The van der Waals surface area contributed by atoms with E-state index in [0.717, 1.165) is 25.0 Å². The summed E-state index contributed by atoms with van der Waals surface area (Å²) in [5, 5.41) is 6.58. The van der Waals surface area contributed by atoms with Gasteiger partial charge in [-0.2, -0.15) is 0 Å². The van der Waals surface area contributed by atoms with Gasteiger partial charge in [0.05, 0.1) is 5.69 Å². The molecule has 2 aliphatic heterocycles. The molecule has 0 bridgehead atoms. The van der Waals surface area contributed by atoms with Gasteiger partial charge in [-0.05, 0) is 45.8 Å². The molecule has 0 aromatic carbocycles. The summed E-state index contributed by atoms with van der Waals surface area (Å²) in [5.74, 6) is 0.837. The van der Waals surface area contributed by atoms with E-state index in [1.54, 1.807) is 11.3 Å². The lowest BCUT2D eigenvalue weighted by molar-refractivity contribution is 0.102. The van der Waals surface area contributed by atoms with Gasteiger partial charge in [0.25, 0.3) is 0 Å². The average molecular weight is 280 g/mol. The van der Waals surface area contributed by atoms with Crippen LogP contribution in [0.2, 0.25) is 0 Å². The van der Waals surface area contributed by atoms with Gasteiger partial charge in [-0.25, -0.2) is 4.98 Å². The van der Waals surface area contributed by atoms with Crippen molar-refractivity contribution in [3.8, 4) is 0 Å². The highest BCUT2D eigenvalue weighted by Crippen LogP contribution is 2.33. The number of aromatic nitrogens is 1. The Hall–Kier alpha value is -0.650. The number of hydrogen-bond acceptors (Lipinski definition) is 5. The van der Waals surface area contributed by atoms with Crippen LogP contribution in [0.1, 0.15) is 25.0 Å². The van der Waals surface area contributed by atoms with E-state index >= 15 is 0 Å². The summed E-state index contributed by atoms with van der Waals surface area (Å²) in [6, 6.07) is 0.807. The number of likely N-dealkylation sites (tertiary alicyclic amines) is 1. The molecule has 1 N–H and O–H groups in total. The van der Waals surface area contributed by atoms with Crippen molar-refractivity contribution in [1.29, 1.82) is 0 Å². The monoisotopic (exact) mass is 280 g/mol. The van der Waals surface area contributed by atoms with Crippen molar-refractivity contribution < 1.29 is 0 Å². The molecule has 1 aromatic heterocycles. The normalized spacial score (nSPS) is 28.4. The summed E-state index contributed by atoms with van der Waals surface area (Å²) in [4.78, 5) is 9.82. The molecule has 0 aliphatic carbocycles. The number of fused-ring (bicyclic) bond motifs is 1. The van der Waals surface area contributed by atoms with Crippen LogP contribution >= 0.6 is 11.3 Å². The van der Waals surface area contributed by atoms with Crippen LogP contribution in [-0.4, -0.2) is 49.7 Å². The van der Waals surface area contributed by atoms with Crippen LogP contribution in [0.4, 0.5) is 5.13 Å². The maximum atomic E-state index is 4.75. The number of nitrogens with zero attached hydrogens (tertiary/aromatic N) is 3. The molecule has 2 unspecified atom stereocenters. The van der Waals surface area contributed by atoms with Crippen molar-refractivity contribution in [2.24, 2.45) is 5.92 Å². The number of piperidine rings is 2. The molecule has 5 heteroatoms. The Morgan fingerprint density at radius 2 is 2.32 bits per heavy atom. The minimum absolute atomic E-state index is 0.807. The summed E-state index contributed by atoms with van der Waals surface area (Å²) < 4.78 is 0. The van der Waals surface area contributed by atoms with E-state index in [9.17, 15) is 0 Å². The van der Waals surface area contributed by atoms with Gasteiger partial charge in [-0.3, -0.25) is 0 Å². The standard InChI is InChI=1S/C14H24N4S/c1-15-8-12-10-19-14(16-12)18-7-5-13-11(9-18)4-3-6-17(13)2/h10-11,13,15H,3-9H2,1-2H3. The van der Waals surface area contributed by atoms with Gasteiger partial charge in [0, 0.05) is 31.1 Å². The van der Waals surface area contributed by atoms with Crippen LogP contribution in [0.3, 0.4) is 0 Å². The molecule has 2 atom stereocenters. The van der Waals surface area contributed by atoms with Crippen molar-refractivity contribution in [2.75, 3.05) is 38.6 Å². The van der Waals surface area contributed by atoms with Crippen LogP contribution in [0.15, 0.2) is 5.38 Å². The predicted octanol–water partition coefficient (Wildman–Crippen LogP) is 1.78. The molecule has 106 valence electrons. The number of anilines is 1. The van der Waals surface area contributed by atoms with Crippen molar-refractivity contribution in [1.82, 2.24) is 15.2 Å². The molecule has 4 nitrogen and oxygen atoms in total. The zero-order valence-corrected chi connectivity index (χ0v) is 12.7. The van der Waals surface area contributed by atoms with E-state index in [1.807, 2.05) is 7.05 Å². The first-order chi connectivity index (χ1) is 9.28. The molecule has 1 aromatic rings. The summed E-state index contributed by atoms with van der Waals surface area (Å²) in [5.41, 5.74) is 1.17. The Morgan fingerprint density at radius 3 is 3.16 bits per heavy atom. The predicted molar refractivity (Wildman–Crippen MR) is 80.8 cm³/mol. The molecule has 3 rings (SSSR count). The molecule has 2 fully saturated rings. The lowest BCUT2D eigenvalue weighted by Gasteiger charge is -2.45. The average Bonchev–Trinajstić information content (AvgIpc) is 2.88. The highest BCUT2D eigenvalue weighted by atomic mass is 32.1. The fraction of sp³-hybridized carbons (Fsp3) is 0.786. The quantitative estimate of drug-likeness (QED) is 0.914. The first kappa shape index (κ1) is 13.3. The molecule has 2 saturated heterocycles. The van der Waals surface area contributed by atoms with Gasteiger partial charge in [0.1, 0.15) is 0 Å². The Labute approximate surface area is 119 Å². The van der Waals surface area contributed by atoms with Crippen LogP contribution in [0.5, 0.6) is 0 Å². The van der Waals surface area contributed by atoms with Crippen LogP contribution in [-0.2, 0) is 6.54 Å². The van der Waals surface area contributed by atoms with Crippen molar-refractivity contribution >= 4 is 16.5 Å². The Kier molecular flexibility index (Phi) is 4.05. The first-order valence-corrected chi connectivity index (χ1v) is 8.20. The van der Waals surface area contributed by atoms with Crippen molar-refractivity contribution in [3.63, 3.8) is 0 Å². The zero-order valence-electron chi connectivity index (χ0n) is 11.9. The second-order valence-corrected chi connectivity index (χ2v) is 6.67. The molecule has 0 radical (unpaired) electrons. The smallest absolute Gasteiger partial charge is 0.185 e. The Balaban J connectivity index is 1.66. The molecule has 19 heavy (non-hydrogen) atoms. The maximum Gasteiger partial charge on any atom is 0.185 e.